The average Bonchev–Trinajstić information content (AvgIpc) is 2.71. The molecular formula is C16H23N3S. The molecule has 4 heteroatoms. The van der Waals surface area contributed by atoms with Gasteiger partial charge in [-0.2, -0.15) is 11.8 Å². The Bertz CT molecular complexity index is 608. The Balaban J connectivity index is 2.04. The van der Waals surface area contributed by atoms with Crippen LogP contribution in [0.5, 0.6) is 0 Å². The molecule has 3 nitrogen and oxygen atoms in total. The molecule has 1 aliphatic rings. The molecule has 2 N–H and O–H groups in total. The summed E-state index contributed by atoms with van der Waals surface area (Å²) in [6.45, 7) is 3.30. The van der Waals surface area contributed by atoms with Gasteiger partial charge in [0.1, 0.15) is 5.82 Å². The summed E-state index contributed by atoms with van der Waals surface area (Å²) in [6.07, 6.45) is 8.44. The minimum Gasteiger partial charge on any atom is -0.399 e. The lowest BCUT2D eigenvalue weighted by molar-refractivity contribution is 0.321. The van der Waals surface area contributed by atoms with E-state index in [0.29, 0.717) is 4.75 Å². The highest BCUT2D eigenvalue weighted by atomic mass is 32.2. The molecule has 1 aromatic heterocycles. The van der Waals surface area contributed by atoms with Gasteiger partial charge >= 0.3 is 0 Å². The highest BCUT2D eigenvalue weighted by molar-refractivity contribution is 8.00. The number of nitrogen functional groups attached to an aromatic ring is 1. The van der Waals surface area contributed by atoms with E-state index in [-0.39, 0.29) is 0 Å². The van der Waals surface area contributed by atoms with Crippen LogP contribution >= 0.6 is 11.8 Å². The Morgan fingerprint density at radius 2 is 2.20 bits per heavy atom. The number of imidazole rings is 1. The van der Waals surface area contributed by atoms with Crippen molar-refractivity contribution in [2.45, 2.75) is 50.3 Å². The van der Waals surface area contributed by atoms with Crippen LogP contribution in [0, 0.1) is 0 Å². The van der Waals surface area contributed by atoms with Gasteiger partial charge in [0.05, 0.1) is 11.0 Å². The van der Waals surface area contributed by atoms with Gasteiger partial charge in [-0.1, -0.05) is 13.3 Å². The molecular weight excluding hydrogens is 266 g/mol. The van der Waals surface area contributed by atoms with E-state index in [2.05, 4.69) is 23.8 Å². The third kappa shape index (κ3) is 2.30. The minimum atomic E-state index is 0.428. The number of aromatic nitrogens is 2. The quantitative estimate of drug-likeness (QED) is 0.850. The molecule has 0 spiro atoms. The van der Waals surface area contributed by atoms with Crippen LogP contribution in [0.3, 0.4) is 0 Å². The van der Waals surface area contributed by atoms with Crippen molar-refractivity contribution in [2.75, 3.05) is 12.0 Å². The van der Waals surface area contributed by atoms with E-state index >= 15 is 0 Å². The monoisotopic (exact) mass is 289 g/mol. The largest absolute Gasteiger partial charge is 0.399 e. The van der Waals surface area contributed by atoms with E-state index in [9.17, 15) is 0 Å². The molecule has 0 saturated heterocycles. The normalized spacial score (nSPS) is 17.3. The van der Waals surface area contributed by atoms with Gasteiger partial charge in [0.2, 0.25) is 0 Å². The van der Waals surface area contributed by atoms with E-state index in [4.69, 9.17) is 10.7 Å². The van der Waals surface area contributed by atoms with Crippen molar-refractivity contribution in [3.8, 4) is 0 Å². The number of thioether (sulfide) groups is 1. The summed E-state index contributed by atoms with van der Waals surface area (Å²) in [7, 11) is 0. The molecule has 0 radical (unpaired) electrons. The molecule has 0 bridgehead atoms. The molecule has 1 saturated carbocycles. The van der Waals surface area contributed by atoms with E-state index in [1.165, 1.54) is 30.6 Å². The lowest BCUT2D eigenvalue weighted by Crippen LogP contribution is -2.38. The van der Waals surface area contributed by atoms with Gasteiger partial charge in [-0.05, 0) is 43.7 Å². The molecule has 3 rings (SSSR count). The number of fused-ring (bicyclic) bond motifs is 1. The number of hydrogen-bond donors (Lipinski definition) is 1. The predicted octanol–water partition coefficient (Wildman–Crippen LogP) is 3.86. The van der Waals surface area contributed by atoms with Crippen LogP contribution in [0.1, 0.15) is 38.4 Å². The molecule has 0 atom stereocenters. The fraction of sp³-hybridized carbons (Fsp3) is 0.562. The maximum Gasteiger partial charge on any atom is 0.109 e. The van der Waals surface area contributed by atoms with Crippen molar-refractivity contribution in [3.05, 3.63) is 24.0 Å². The molecule has 0 unspecified atom stereocenters. The predicted molar refractivity (Wildman–Crippen MR) is 88.2 cm³/mol. The molecule has 108 valence electrons. The number of nitrogens with zero attached hydrogens (tertiary/aromatic N) is 2. The first-order chi connectivity index (χ1) is 9.67. The standard InChI is InChI=1S/C16H23N3S/c1-3-5-15-18-13-10-12(17)6-7-14(13)19(15)11-16(20-2)8-4-9-16/h6-7,10H,3-5,8-9,11,17H2,1-2H3. The number of aryl methyl sites for hydroxylation is 1. The second-order valence-electron chi connectivity index (χ2n) is 5.85. The summed E-state index contributed by atoms with van der Waals surface area (Å²) in [6, 6.07) is 6.11. The summed E-state index contributed by atoms with van der Waals surface area (Å²) in [5.74, 6) is 1.22. The summed E-state index contributed by atoms with van der Waals surface area (Å²) in [5.41, 5.74) is 8.98. The summed E-state index contributed by atoms with van der Waals surface area (Å²) in [5, 5.41) is 0. The summed E-state index contributed by atoms with van der Waals surface area (Å²) >= 11 is 2.02. The van der Waals surface area contributed by atoms with E-state index in [1.54, 1.807) is 0 Å². The molecule has 1 fully saturated rings. The summed E-state index contributed by atoms with van der Waals surface area (Å²) in [4.78, 5) is 4.81. The van der Waals surface area contributed by atoms with Crippen LogP contribution < -0.4 is 5.73 Å². The molecule has 1 heterocycles. The highest BCUT2D eigenvalue weighted by Crippen LogP contribution is 2.44. The van der Waals surface area contributed by atoms with Crippen LogP contribution in [-0.2, 0) is 13.0 Å². The molecule has 1 aliphatic carbocycles. The number of benzene rings is 1. The van der Waals surface area contributed by atoms with Gasteiger partial charge in [0.25, 0.3) is 0 Å². The van der Waals surface area contributed by atoms with Crippen LogP contribution in [-0.4, -0.2) is 20.6 Å². The van der Waals surface area contributed by atoms with Crippen LogP contribution in [0.25, 0.3) is 11.0 Å². The Labute approximate surface area is 124 Å². The third-order valence-corrected chi connectivity index (χ3v) is 5.87. The minimum absolute atomic E-state index is 0.428. The molecule has 20 heavy (non-hydrogen) atoms. The lowest BCUT2D eigenvalue weighted by Gasteiger charge is -2.41. The van der Waals surface area contributed by atoms with Crippen LogP contribution in [0.4, 0.5) is 5.69 Å². The second kappa shape index (κ2) is 5.32. The van der Waals surface area contributed by atoms with Gasteiger partial charge in [-0.3, -0.25) is 0 Å². The van der Waals surface area contributed by atoms with Crippen molar-refractivity contribution in [1.82, 2.24) is 9.55 Å². The Morgan fingerprint density at radius 1 is 1.40 bits per heavy atom. The maximum atomic E-state index is 5.89. The SMILES string of the molecule is CCCc1nc2cc(N)ccc2n1CC1(SC)CCC1. The smallest absolute Gasteiger partial charge is 0.109 e. The maximum absolute atomic E-state index is 5.89. The first-order valence-corrected chi connectivity index (χ1v) is 8.70. The van der Waals surface area contributed by atoms with Gasteiger partial charge in [0, 0.05) is 23.4 Å². The number of hydrogen-bond acceptors (Lipinski definition) is 3. The number of nitrogens with two attached hydrogens (primary N) is 1. The van der Waals surface area contributed by atoms with Gasteiger partial charge in [-0.25, -0.2) is 4.98 Å². The molecule has 2 aromatic rings. The van der Waals surface area contributed by atoms with Gasteiger partial charge in [-0.15, -0.1) is 0 Å². The Hall–Kier alpha value is -1.16. The van der Waals surface area contributed by atoms with Crippen molar-refractivity contribution in [1.29, 1.82) is 0 Å². The zero-order chi connectivity index (χ0) is 14.2. The zero-order valence-corrected chi connectivity index (χ0v) is 13.2. The Kier molecular flexibility index (Phi) is 3.67. The zero-order valence-electron chi connectivity index (χ0n) is 12.4. The van der Waals surface area contributed by atoms with E-state index < -0.39 is 0 Å². The molecule has 1 aromatic carbocycles. The lowest BCUT2D eigenvalue weighted by atomic mass is 9.84. The fourth-order valence-electron chi connectivity index (χ4n) is 3.07. The highest BCUT2D eigenvalue weighted by Gasteiger charge is 2.37. The topological polar surface area (TPSA) is 43.8 Å². The van der Waals surface area contributed by atoms with E-state index in [0.717, 1.165) is 30.6 Å². The third-order valence-electron chi connectivity index (χ3n) is 4.47. The van der Waals surface area contributed by atoms with Gasteiger partial charge < -0.3 is 10.3 Å². The van der Waals surface area contributed by atoms with Crippen LogP contribution in [0.15, 0.2) is 18.2 Å². The molecule has 0 aliphatic heterocycles. The fourth-order valence-corrected chi connectivity index (χ4v) is 4.03. The number of anilines is 1. The Morgan fingerprint density at radius 3 is 2.80 bits per heavy atom. The van der Waals surface area contributed by atoms with Gasteiger partial charge in [0.15, 0.2) is 0 Å². The van der Waals surface area contributed by atoms with Crippen molar-refractivity contribution >= 4 is 28.5 Å². The molecule has 0 amide bonds. The average molecular weight is 289 g/mol. The first kappa shape index (κ1) is 13.8. The first-order valence-electron chi connectivity index (χ1n) is 7.47. The van der Waals surface area contributed by atoms with Crippen molar-refractivity contribution in [3.63, 3.8) is 0 Å². The van der Waals surface area contributed by atoms with Crippen molar-refractivity contribution in [2.24, 2.45) is 0 Å². The van der Waals surface area contributed by atoms with Crippen molar-refractivity contribution < 1.29 is 0 Å². The second-order valence-corrected chi connectivity index (χ2v) is 7.13. The number of rotatable bonds is 5. The van der Waals surface area contributed by atoms with Crippen LogP contribution in [0.2, 0.25) is 0 Å². The van der Waals surface area contributed by atoms with E-state index in [1.807, 2.05) is 23.9 Å². The summed E-state index contributed by atoms with van der Waals surface area (Å²) < 4.78 is 2.87.